The van der Waals surface area contributed by atoms with E-state index in [9.17, 15) is 9.59 Å². The van der Waals surface area contributed by atoms with E-state index in [1.807, 2.05) is 31.2 Å². The number of aryl methyl sites for hydroxylation is 2. The molecule has 0 spiro atoms. The van der Waals surface area contributed by atoms with E-state index in [2.05, 4.69) is 15.0 Å². The lowest BCUT2D eigenvalue weighted by atomic mass is 10.2. The van der Waals surface area contributed by atoms with E-state index in [0.717, 1.165) is 16.3 Å². The van der Waals surface area contributed by atoms with Crippen LogP contribution in [-0.2, 0) is 11.3 Å². The Labute approximate surface area is 167 Å². The summed E-state index contributed by atoms with van der Waals surface area (Å²) in [6.45, 7) is 4.11. The fourth-order valence-electron chi connectivity index (χ4n) is 2.50. The second kappa shape index (κ2) is 8.67. The number of aromatic nitrogens is 1. The van der Waals surface area contributed by atoms with E-state index in [4.69, 9.17) is 4.74 Å². The molecule has 0 aliphatic heterocycles. The molecule has 0 saturated carbocycles. The van der Waals surface area contributed by atoms with Crippen molar-refractivity contribution < 1.29 is 19.1 Å². The Balaban J connectivity index is 1.64. The Morgan fingerprint density at radius 2 is 1.71 bits per heavy atom. The number of nitrogens with one attached hydrogen (secondary N) is 1. The number of carbonyl (C=O) groups excluding carboxylic acids is 2. The van der Waals surface area contributed by atoms with E-state index < -0.39 is 5.97 Å². The second-order valence-electron chi connectivity index (χ2n) is 6.15. The molecule has 0 saturated heterocycles. The molecule has 6 nitrogen and oxygen atoms in total. The summed E-state index contributed by atoms with van der Waals surface area (Å²) < 4.78 is 10.4. The van der Waals surface area contributed by atoms with Crippen LogP contribution < -0.4 is 10.1 Å². The first-order valence-corrected chi connectivity index (χ1v) is 9.43. The molecule has 144 valence electrons. The molecule has 7 heteroatoms. The summed E-state index contributed by atoms with van der Waals surface area (Å²) >= 11 is 1.30. The monoisotopic (exact) mass is 396 g/mol. The number of rotatable bonds is 6. The van der Waals surface area contributed by atoms with E-state index in [0.29, 0.717) is 28.4 Å². The van der Waals surface area contributed by atoms with Crippen molar-refractivity contribution in [3.63, 3.8) is 0 Å². The van der Waals surface area contributed by atoms with Gasteiger partial charge in [-0.05, 0) is 50.2 Å². The van der Waals surface area contributed by atoms with Crippen LogP contribution in [-0.4, -0.2) is 24.0 Å². The van der Waals surface area contributed by atoms with E-state index in [1.54, 1.807) is 31.2 Å². The Hall–Kier alpha value is -3.19. The third-order valence-electron chi connectivity index (χ3n) is 3.99. The predicted molar refractivity (Wildman–Crippen MR) is 108 cm³/mol. The van der Waals surface area contributed by atoms with Crippen LogP contribution in [0.25, 0.3) is 0 Å². The number of amides is 1. The lowest BCUT2D eigenvalue weighted by molar-refractivity contribution is 0.0600. The minimum absolute atomic E-state index is 0.248. The standard InChI is InChI=1S/C21H20N2O4S/c1-13-4-10-17(11-5-13)27-12-18-22-14(2)19(28-18)20(24)23-16-8-6-15(7-9-16)21(25)26-3/h4-11H,12H2,1-3H3,(H,23,24). The third kappa shape index (κ3) is 4.75. The molecule has 0 aliphatic carbocycles. The predicted octanol–water partition coefficient (Wildman–Crippen LogP) is 4.38. The molecule has 1 aromatic heterocycles. The molecule has 1 heterocycles. The van der Waals surface area contributed by atoms with Crippen LogP contribution in [0.2, 0.25) is 0 Å². The van der Waals surface area contributed by atoms with Crippen molar-refractivity contribution in [1.29, 1.82) is 0 Å². The van der Waals surface area contributed by atoms with Crippen molar-refractivity contribution in [2.75, 3.05) is 12.4 Å². The minimum atomic E-state index is -0.422. The largest absolute Gasteiger partial charge is 0.486 e. The van der Waals surface area contributed by atoms with Crippen LogP contribution in [0.4, 0.5) is 5.69 Å². The van der Waals surface area contributed by atoms with Crippen molar-refractivity contribution in [3.05, 3.63) is 75.2 Å². The van der Waals surface area contributed by atoms with Crippen LogP contribution in [0, 0.1) is 13.8 Å². The Bertz CT molecular complexity index is 979. The van der Waals surface area contributed by atoms with Crippen LogP contribution in [0.3, 0.4) is 0 Å². The lowest BCUT2D eigenvalue weighted by Gasteiger charge is -2.05. The van der Waals surface area contributed by atoms with Crippen molar-refractivity contribution in [2.24, 2.45) is 0 Å². The van der Waals surface area contributed by atoms with Crippen molar-refractivity contribution >= 4 is 28.9 Å². The van der Waals surface area contributed by atoms with Crippen molar-refractivity contribution in [3.8, 4) is 5.75 Å². The summed E-state index contributed by atoms with van der Waals surface area (Å²) in [4.78, 5) is 29.0. The maximum Gasteiger partial charge on any atom is 0.337 e. The highest BCUT2D eigenvalue weighted by molar-refractivity contribution is 7.13. The minimum Gasteiger partial charge on any atom is -0.486 e. The summed E-state index contributed by atoms with van der Waals surface area (Å²) in [7, 11) is 1.32. The summed E-state index contributed by atoms with van der Waals surface area (Å²) in [5.74, 6) is 0.0898. The maximum atomic E-state index is 12.6. The molecule has 0 bridgehead atoms. The third-order valence-corrected chi connectivity index (χ3v) is 5.12. The van der Waals surface area contributed by atoms with Crippen LogP contribution in [0.15, 0.2) is 48.5 Å². The molecule has 3 aromatic rings. The van der Waals surface area contributed by atoms with Gasteiger partial charge in [-0.25, -0.2) is 9.78 Å². The van der Waals surface area contributed by atoms with Gasteiger partial charge in [-0.2, -0.15) is 0 Å². The second-order valence-corrected chi connectivity index (χ2v) is 7.23. The normalized spacial score (nSPS) is 10.4. The number of ether oxygens (including phenoxy) is 2. The summed E-state index contributed by atoms with van der Waals surface area (Å²) in [5, 5.41) is 3.54. The van der Waals surface area contributed by atoms with Gasteiger partial charge in [0.1, 0.15) is 22.2 Å². The van der Waals surface area contributed by atoms with E-state index in [-0.39, 0.29) is 5.91 Å². The van der Waals surface area contributed by atoms with Gasteiger partial charge in [0.25, 0.3) is 5.91 Å². The molecule has 1 N–H and O–H groups in total. The van der Waals surface area contributed by atoms with Crippen molar-refractivity contribution in [2.45, 2.75) is 20.5 Å². The number of hydrogen-bond donors (Lipinski definition) is 1. The summed E-state index contributed by atoms with van der Waals surface area (Å²) in [5.41, 5.74) is 2.82. The summed E-state index contributed by atoms with van der Waals surface area (Å²) in [6.07, 6.45) is 0. The van der Waals surface area contributed by atoms with Crippen LogP contribution >= 0.6 is 11.3 Å². The van der Waals surface area contributed by atoms with E-state index >= 15 is 0 Å². The SMILES string of the molecule is COC(=O)c1ccc(NC(=O)c2sc(COc3ccc(C)cc3)nc2C)cc1. The van der Waals surface area contributed by atoms with Gasteiger partial charge in [0.15, 0.2) is 0 Å². The number of esters is 1. The van der Waals surface area contributed by atoms with Crippen LogP contribution in [0.1, 0.15) is 36.3 Å². The lowest BCUT2D eigenvalue weighted by Crippen LogP contribution is -2.11. The molecular formula is C21H20N2O4S. The smallest absolute Gasteiger partial charge is 0.337 e. The van der Waals surface area contributed by atoms with Gasteiger partial charge in [-0.3, -0.25) is 4.79 Å². The Morgan fingerprint density at radius 3 is 2.36 bits per heavy atom. The van der Waals surface area contributed by atoms with Gasteiger partial charge >= 0.3 is 5.97 Å². The van der Waals surface area contributed by atoms with Gasteiger partial charge in [0.05, 0.1) is 18.4 Å². The van der Waals surface area contributed by atoms with Crippen molar-refractivity contribution in [1.82, 2.24) is 4.98 Å². The topological polar surface area (TPSA) is 77.5 Å². The molecule has 0 fully saturated rings. The molecule has 0 aliphatic rings. The first kappa shape index (κ1) is 19.6. The molecule has 2 aromatic carbocycles. The zero-order valence-electron chi connectivity index (χ0n) is 15.8. The number of methoxy groups -OCH3 is 1. The van der Waals surface area contributed by atoms with Gasteiger partial charge < -0.3 is 14.8 Å². The molecule has 0 atom stereocenters. The fourth-order valence-corrected chi connectivity index (χ4v) is 3.37. The van der Waals surface area contributed by atoms with Crippen LogP contribution in [0.5, 0.6) is 5.75 Å². The molecular weight excluding hydrogens is 376 g/mol. The number of carbonyl (C=O) groups is 2. The average Bonchev–Trinajstić information content (AvgIpc) is 3.08. The zero-order chi connectivity index (χ0) is 20.1. The molecule has 1 amide bonds. The number of benzene rings is 2. The van der Waals surface area contributed by atoms with Gasteiger partial charge in [-0.15, -0.1) is 11.3 Å². The Kier molecular flexibility index (Phi) is 6.06. The highest BCUT2D eigenvalue weighted by Gasteiger charge is 2.16. The number of anilines is 1. The molecule has 0 unspecified atom stereocenters. The molecule has 3 rings (SSSR count). The molecule has 28 heavy (non-hydrogen) atoms. The first-order valence-electron chi connectivity index (χ1n) is 8.62. The molecule has 0 radical (unpaired) electrons. The van der Waals surface area contributed by atoms with Gasteiger partial charge in [0, 0.05) is 5.69 Å². The van der Waals surface area contributed by atoms with Gasteiger partial charge in [0.2, 0.25) is 0 Å². The first-order chi connectivity index (χ1) is 13.5. The highest BCUT2D eigenvalue weighted by atomic mass is 32.1. The highest BCUT2D eigenvalue weighted by Crippen LogP contribution is 2.22. The van der Waals surface area contributed by atoms with Gasteiger partial charge in [-0.1, -0.05) is 17.7 Å². The van der Waals surface area contributed by atoms with E-state index in [1.165, 1.54) is 18.4 Å². The quantitative estimate of drug-likeness (QED) is 0.626. The zero-order valence-corrected chi connectivity index (χ0v) is 16.6. The number of thiazole rings is 1. The summed E-state index contributed by atoms with van der Waals surface area (Å²) in [6, 6.07) is 14.3. The maximum absolute atomic E-state index is 12.6. The fraction of sp³-hybridized carbons (Fsp3) is 0.190. The average molecular weight is 396 g/mol. The number of nitrogens with zero attached hydrogens (tertiary/aromatic N) is 1. The number of hydrogen-bond acceptors (Lipinski definition) is 6. The Morgan fingerprint density at radius 1 is 1.04 bits per heavy atom.